The van der Waals surface area contributed by atoms with Crippen molar-refractivity contribution in [2.75, 3.05) is 7.11 Å². The van der Waals surface area contributed by atoms with Gasteiger partial charge in [-0.1, -0.05) is 19.4 Å². The first-order valence-electron chi connectivity index (χ1n) is 6.68. The number of aryl methyl sites for hydroxylation is 1. The third kappa shape index (κ3) is 1.50. The lowest BCUT2D eigenvalue weighted by atomic mass is 9.53. The zero-order chi connectivity index (χ0) is 12.0. The quantitative estimate of drug-likeness (QED) is 0.849. The summed E-state index contributed by atoms with van der Waals surface area (Å²) in [6.07, 6.45) is 3.62. The molecule has 1 fully saturated rings. The number of ether oxygens (including phenoxy) is 1. The Morgan fingerprint density at radius 1 is 1.41 bits per heavy atom. The molecule has 0 saturated heterocycles. The molecule has 0 spiro atoms. The van der Waals surface area contributed by atoms with Crippen LogP contribution in [0.3, 0.4) is 0 Å². The zero-order valence-electron chi connectivity index (χ0n) is 10.6. The average Bonchev–Trinajstić information content (AvgIpc) is 2.37. The molecular weight excluding hydrogens is 210 g/mol. The molecule has 1 aromatic carbocycles. The summed E-state index contributed by atoms with van der Waals surface area (Å²) in [7, 11) is 1.74. The molecule has 0 aliphatic heterocycles. The van der Waals surface area contributed by atoms with E-state index in [4.69, 9.17) is 10.5 Å². The van der Waals surface area contributed by atoms with Gasteiger partial charge in [0.2, 0.25) is 0 Å². The highest BCUT2D eigenvalue weighted by atomic mass is 16.5. The average molecular weight is 231 g/mol. The fraction of sp³-hybridized carbons (Fsp3) is 0.600. The van der Waals surface area contributed by atoms with Gasteiger partial charge >= 0.3 is 0 Å². The minimum Gasteiger partial charge on any atom is -0.497 e. The standard InChI is InChI=1S/C15H21NO/c1-3-11-14-12-7-5-10(17-2)8-9(12)4-6-13(14)15(11)16/h5,7-8,11,13-15H,3-4,6,16H2,1-2H3. The Morgan fingerprint density at radius 3 is 2.94 bits per heavy atom. The highest BCUT2D eigenvalue weighted by molar-refractivity contribution is 5.42. The lowest BCUT2D eigenvalue weighted by molar-refractivity contribution is 0.0774. The van der Waals surface area contributed by atoms with Gasteiger partial charge in [0, 0.05) is 6.04 Å². The molecule has 2 N–H and O–H groups in total. The molecule has 1 aromatic rings. The van der Waals surface area contributed by atoms with Crippen LogP contribution in [-0.4, -0.2) is 13.2 Å². The molecular formula is C15H21NO. The van der Waals surface area contributed by atoms with Gasteiger partial charge in [0.1, 0.15) is 5.75 Å². The predicted molar refractivity (Wildman–Crippen MR) is 69.3 cm³/mol. The van der Waals surface area contributed by atoms with Gasteiger partial charge in [-0.05, 0) is 53.9 Å². The summed E-state index contributed by atoms with van der Waals surface area (Å²) in [6.45, 7) is 2.26. The monoisotopic (exact) mass is 231 g/mol. The summed E-state index contributed by atoms with van der Waals surface area (Å²) in [4.78, 5) is 0. The summed E-state index contributed by atoms with van der Waals surface area (Å²) < 4.78 is 5.31. The van der Waals surface area contributed by atoms with E-state index in [1.165, 1.54) is 24.0 Å². The molecule has 0 bridgehead atoms. The molecule has 2 nitrogen and oxygen atoms in total. The Kier molecular flexibility index (Phi) is 2.62. The van der Waals surface area contributed by atoms with E-state index in [1.54, 1.807) is 7.11 Å². The normalized spacial score (nSPS) is 34.5. The van der Waals surface area contributed by atoms with Crippen molar-refractivity contribution in [1.29, 1.82) is 0 Å². The molecule has 0 amide bonds. The van der Waals surface area contributed by atoms with Crippen LogP contribution in [0.25, 0.3) is 0 Å². The number of hydrogen-bond acceptors (Lipinski definition) is 2. The number of rotatable bonds is 2. The van der Waals surface area contributed by atoms with Gasteiger partial charge in [0.15, 0.2) is 0 Å². The highest BCUT2D eigenvalue weighted by Crippen LogP contribution is 2.54. The Labute approximate surface area is 103 Å². The SMILES string of the molecule is CCC1C(N)C2CCc3cc(OC)ccc3C12. The van der Waals surface area contributed by atoms with Gasteiger partial charge < -0.3 is 10.5 Å². The summed E-state index contributed by atoms with van der Waals surface area (Å²) >= 11 is 0. The third-order valence-electron chi connectivity index (χ3n) is 4.84. The van der Waals surface area contributed by atoms with E-state index in [1.807, 2.05) is 0 Å². The van der Waals surface area contributed by atoms with Gasteiger partial charge in [-0.3, -0.25) is 0 Å². The van der Waals surface area contributed by atoms with Crippen LogP contribution in [-0.2, 0) is 6.42 Å². The Balaban J connectivity index is 1.96. The van der Waals surface area contributed by atoms with Gasteiger partial charge in [0.05, 0.1) is 7.11 Å². The van der Waals surface area contributed by atoms with Crippen LogP contribution in [0.2, 0.25) is 0 Å². The molecule has 1 saturated carbocycles. The lowest BCUT2D eigenvalue weighted by Gasteiger charge is -2.53. The molecule has 0 heterocycles. The van der Waals surface area contributed by atoms with Crippen molar-refractivity contribution < 1.29 is 4.74 Å². The van der Waals surface area contributed by atoms with Crippen molar-refractivity contribution in [2.45, 2.75) is 38.1 Å². The number of benzene rings is 1. The van der Waals surface area contributed by atoms with Crippen LogP contribution >= 0.6 is 0 Å². The van der Waals surface area contributed by atoms with Crippen molar-refractivity contribution in [1.82, 2.24) is 0 Å². The van der Waals surface area contributed by atoms with E-state index >= 15 is 0 Å². The van der Waals surface area contributed by atoms with Crippen molar-refractivity contribution in [2.24, 2.45) is 17.6 Å². The molecule has 3 rings (SSSR count). The Morgan fingerprint density at radius 2 is 2.24 bits per heavy atom. The molecule has 2 heteroatoms. The van der Waals surface area contributed by atoms with Gasteiger partial charge in [-0.2, -0.15) is 0 Å². The molecule has 0 aromatic heterocycles. The molecule has 92 valence electrons. The zero-order valence-corrected chi connectivity index (χ0v) is 10.6. The van der Waals surface area contributed by atoms with Crippen LogP contribution in [0.5, 0.6) is 5.75 Å². The summed E-state index contributed by atoms with van der Waals surface area (Å²) in [5.74, 6) is 3.11. The summed E-state index contributed by atoms with van der Waals surface area (Å²) in [6, 6.07) is 7.00. The first-order chi connectivity index (χ1) is 8.26. The molecule has 4 unspecified atom stereocenters. The first-order valence-corrected chi connectivity index (χ1v) is 6.68. The molecule has 4 atom stereocenters. The fourth-order valence-corrected chi connectivity index (χ4v) is 3.90. The van der Waals surface area contributed by atoms with Crippen molar-refractivity contribution in [3.63, 3.8) is 0 Å². The van der Waals surface area contributed by atoms with E-state index < -0.39 is 0 Å². The number of hydrogen-bond donors (Lipinski definition) is 1. The van der Waals surface area contributed by atoms with Gasteiger partial charge in [0.25, 0.3) is 0 Å². The number of methoxy groups -OCH3 is 1. The highest BCUT2D eigenvalue weighted by Gasteiger charge is 2.49. The van der Waals surface area contributed by atoms with Crippen molar-refractivity contribution in [3.8, 4) is 5.75 Å². The maximum absolute atomic E-state index is 6.28. The second kappa shape index (κ2) is 4.02. The van der Waals surface area contributed by atoms with Gasteiger partial charge in [-0.15, -0.1) is 0 Å². The topological polar surface area (TPSA) is 35.2 Å². The molecule has 2 aliphatic carbocycles. The smallest absolute Gasteiger partial charge is 0.119 e. The van der Waals surface area contributed by atoms with Gasteiger partial charge in [-0.25, -0.2) is 0 Å². The minimum absolute atomic E-state index is 0.431. The maximum Gasteiger partial charge on any atom is 0.119 e. The molecule has 17 heavy (non-hydrogen) atoms. The number of nitrogens with two attached hydrogens (primary N) is 1. The predicted octanol–water partition coefficient (Wildman–Crippen LogP) is 2.71. The van der Waals surface area contributed by atoms with E-state index in [-0.39, 0.29) is 0 Å². The second-order valence-electron chi connectivity index (χ2n) is 5.44. The van der Waals surface area contributed by atoms with Crippen molar-refractivity contribution in [3.05, 3.63) is 29.3 Å². The molecule has 0 radical (unpaired) electrons. The summed E-state index contributed by atoms with van der Waals surface area (Å²) in [5.41, 5.74) is 9.30. The van der Waals surface area contributed by atoms with Crippen LogP contribution in [0.1, 0.15) is 36.8 Å². The van der Waals surface area contributed by atoms with Crippen LogP contribution in [0.4, 0.5) is 0 Å². The van der Waals surface area contributed by atoms with Crippen LogP contribution in [0, 0.1) is 11.8 Å². The second-order valence-corrected chi connectivity index (χ2v) is 5.44. The van der Waals surface area contributed by atoms with Crippen LogP contribution < -0.4 is 10.5 Å². The van der Waals surface area contributed by atoms with E-state index in [0.29, 0.717) is 17.9 Å². The minimum atomic E-state index is 0.431. The fourth-order valence-electron chi connectivity index (χ4n) is 3.90. The third-order valence-corrected chi connectivity index (χ3v) is 4.84. The van der Waals surface area contributed by atoms with E-state index in [2.05, 4.69) is 25.1 Å². The Hall–Kier alpha value is -1.02. The molecule has 2 aliphatic rings. The van der Waals surface area contributed by atoms with E-state index in [0.717, 1.165) is 18.1 Å². The maximum atomic E-state index is 6.28. The van der Waals surface area contributed by atoms with E-state index in [9.17, 15) is 0 Å². The first kappa shape index (κ1) is 11.1. The Bertz CT molecular complexity index is 429. The lowest BCUT2D eigenvalue weighted by Crippen LogP contribution is -2.56. The van der Waals surface area contributed by atoms with Crippen LogP contribution in [0.15, 0.2) is 18.2 Å². The van der Waals surface area contributed by atoms with Crippen molar-refractivity contribution >= 4 is 0 Å². The largest absolute Gasteiger partial charge is 0.497 e. The number of fused-ring (bicyclic) bond motifs is 3. The summed E-state index contributed by atoms with van der Waals surface area (Å²) in [5, 5.41) is 0.